The monoisotopic (exact) mass is 418 g/mol. The molecule has 1 unspecified atom stereocenters. The Morgan fingerprint density at radius 1 is 1.29 bits per heavy atom. The van der Waals surface area contributed by atoms with Crippen molar-refractivity contribution < 1.29 is 9.53 Å². The minimum Gasteiger partial charge on any atom is -0.497 e. The highest BCUT2D eigenvalue weighted by Gasteiger charge is 2.32. The van der Waals surface area contributed by atoms with Gasteiger partial charge in [-0.1, -0.05) is 41.9 Å². The molecule has 0 aliphatic carbocycles. The predicted molar refractivity (Wildman–Crippen MR) is 117 cm³/mol. The zero-order valence-electron chi connectivity index (χ0n) is 16.6. The Bertz CT molecular complexity index is 815. The number of carbonyl (C=O) groups excluding carboxylic acids is 1. The smallest absolute Gasteiger partial charge is 0.237 e. The number of halogens is 1. The van der Waals surface area contributed by atoms with Gasteiger partial charge in [-0.3, -0.25) is 9.69 Å². The number of amides is 1. The van der Waals surface area contributed by atoms with Gasteiger partial charge in [0.05, 0.1) is 13.7 Å². The number of nitrogens with zero attached hydrogens (tertiary/aromatic N) is 2. The summed E-state index contributed by atoms with van der Waals surface area (Å²) in [6, 6.07) is 16.1. The van der Waals surface area contributed by atoms with Crippen LogP contribution < -0.4 is 4.74 Å². The first-order chi connectivity index (χ1) is 13.5. The number of rotatable bonds is 7. The predicted octanol–water partition coefficient (Wildman–Crippen LogP) is 4.83. The second-order valence-corrected chi connectivity index (χ2v) is 8.78. The van der Waals surface area contributed by atoms with Crippen LogP contribution in [0.15, 0.2) is 48.5 Å². The van der Waals surface area contributed by atoms with Crippen LogP contribution in [0.1, 0.15) is 30.3 Å². The fourth-order valence-electron chi connectivity index (χ4n) is 3.35. The molecule has 1 amide bonds. The first kappa shape index (κ1) is 21.0. The molecule has 28 heavy (non-hydrogen) atoms. The van der Waals surface area contributed by atoms with Gasteiger partial charge >= 0.3 is 0 Å². The van der Waals surface area contributed by atoms with E-state index in [1.165, 1.54) is 0 Å². The zero-order valence-corrected chi connectivity index (χ0v) is 18.2. The average molecular weight is 419 g/mol. The summed E-state index contributed by atoms with van der Waals surface area (Å²) in [5, 5.41) is 0.712. The number of methoxy groups -OCH3 is 1. The molecule has 6 heteroatoms. The van der Waals surface area contributed by atoms with Crippen molar-refractivity contribution in [2.24, 2.45) is 0 Å². The normalized spacial score (nSPS) is 16.8. The molecule has 0 radical (unpaired) electrons. The second kappa shape index (κ2) is 9.68. The number of benzene rings is 2. The van der Waals surface area contributed by atoms with E-state index in [-0.39, 0.29) is 17.3 Å². The maximum Gasteiger partial charge on any atom is 0.237 e. The van der Waals surface area contributed by atoms with E-state index in [2.05, 4.69) is 24.8 Å². The highest BCUT2D eigenvalue weighted by atomic mass is 35.5. The third-order valence-electron chi connectivity index (χ3n) is 4.97. The molecule has 150 valence electrons. The molecule has 1 saturated heterocycles. The van der Waals surface area contributed by atoms with Gasteiger partial charge < -0.3 is 9.64 Å². The van der Waals surface area contributed by atoms with Gasteiger partial charge in [-0.25, -0.2) is 0 Å². The van der Waals surface area contributed by atoms with Crippen molar-refractivity contribution in [1.29, 1.82) is 0 Å². The molecule has 2 aromatic rings. The van der Waals surface area contributed by atoms with Gasteiger partial charge in [-0.05, 0) is 37.6 Å². The molecule has 3 rings (SSSR count). The summed E-state index contributed by atoms with van der Waals surface area (Å²) >= 11 is 8.17. The third-order valence-corrected chi connectivity index (χ3v) is 6.56. The second-order valence-electron chi connectivity index (χ2n) is 7.18. The van der Waals surface area contributed by atoms with Crippen LogP contribution >= 0.6 is 23.4 Å². The number of ether oxygens (including phenoxy) is 1. The molecular formula is C22H27ClN2O2S. The quantitative estimate of drug-likeness (QED) is 0.644. The van der Waals surface area contributed by atoms with Crippen LogP contribution in [0.3, 0.4) is 0 Å². The summed E-state index contributed by atoms with van der Waals surface area (Å²) in [6.45, 7) is 6.09. The molecule has 0 aromatic heterocycles. The van der Waals surface area contributed by atoms with Crippen LogP contribution in [-0.2, 0) is 11.3 Å². The van der Waals surface area contributed by atoms with Gasteiger partial charge in [0.15, 0.2) is 0 Å². The number of hydrogen-bond donors (Lipinski definition) is 0. The molecular weight excluding hydrogens is 392 g/mol. The molecule has 0 bridgehead atoms. The van der Waals surface area contributed by atoms with Crippen LogP contribution in [0.5, 0.6) is 5.75 Å². The lowest BCUT2D eigenvalue weighted by Gasteiger charge is -2.31. The molecule has 1 aliphatic heterocycles. The Labute approximate surface area is 176 Å². The number of hydrogen-bond acceptors (Lipinski definition) is 4. The summed E-state index contributed by atoms with van der Waals surface area (Å²) in [5.41, 5.74) is 2.16. The van der Waals surface area contributed by atoms with Crippen molar-refractivity contribution in [3.8, 4) is 5.75 Å². The zero-order chi connectivity index (χ0) is 20.1. The van der Waals surface area contributed by atoms with Crippen LogP contribution in [-0.4, -0.2) is 47.7 Å². The molecule has 0 saturated carbocycles. The summed E-state index contributed by atoms with van der Waals surface area (Å²) in [6.07, 6.45) is 0. The molecule has 1 aliphatic rings. The fourth-order valence-corrected chi connectivity index (χ4v) is 4.97. The Kier molecular flexibility index (Phi) is 7.27. The van der Waals surface area contributed by atoms with Gasteiger partial charge in [-0.15, -0.1) is 11.8 Å². The molecule has 1 atom stereocenters. The number of carbonyl (C=O) groups is 1. The Morgan fingerprint density at radius 2 is 2.07 bits per heavy atom. The van der Waals surface area contributed by atoms with Crippen molar-refractivity contribution in [1.82, 2.24) is 9.80 Å². The Morgan fingerprint density at radius 3 is 2.79 bits per heavy atom. The lowest BCUT2D eigenvalue weighted by atomic mass is 10.1. The minimum absolute atomic E-state index is 0.00738. The van der Waals surface area contributed by atoms with Crippen LogP contribution in [0.2, 0.25) is 5.02 Å². The first-order valence-corrected chi connectivity index (χ1v) is 10.9. The van der Waals surface area contributed by atoms with E-state index in [0.717, 1.165) is 34.2 Å². The van der Waals surface area contributed by atoms with Gasteiger partial charge in [0.2, 0.25) is 5.91 Å². The summed E-state index contributed by atoms with van der Waals surface area (Å²) in [5.74, 6) is 1.91. The molecule has 2 aromatic carbocycles. The summed E-state index contributed by atoms with van der Waals surface area (Å²) in [4.78, 5) is 17.3. The van der Waals surface area contributed by atoms with Crippen molar-refractivity contribution in [2.45, 2.75) is 31.8 Å². The van der Waals surface area contributed by atoms with Gasteiger partial charge in [0, 0.05) is 35.5 Å². The van der Waals surface area contributed by atoms with E-state index >= 15 is 0 Å². The van der Waals surface area contributed by atoms with E-state index in [9.17, 15) is 4.79 Å². The van der Waals surface area contributed by atoms with Crippen molar-refractivity contribution in [3.05, 3.63) is 64.7 Å². The van der Waals surface area contributed by atoms with E-state index in [1.54, 1.807) is 18.9 Å². The number of thioether (sulfide) groups is 1. The molecule has 1 heterocycles. The Hall–Kier alpha value is -1.69. The first-order valence-electron chi connectivity index (χ1n) is 9.52. The van der Waals surface area contributed by atoms with E-state index in [4.69, 9.17) is 16.3 Å². The highest BCUT2D eigenvalue weighted by Crippen LogP contribution is 2.40. The van der Waals surface area contributed by atoms with E-state index in [0.29, 0.717) is 13.1 Å². The fraction of sp³-hybridized carbons (Fsp3) is 0.409. The van der Waals surface area contributed by atoms with Gasteiger partial charge in [-0.2, -0.15) is 0 Å². The van der Waals surface area contributed by atoms with Crippen LogP contribution in [0.4, 0.5) is 0 Å². The van der Waals surface area contributed by atoms with E-state index in [1.807, 2.05) is 47.4 Å². The largest absolute Gasteiger partial charge is 0.497 e. The Balaban J connectivity index is 1.72. The lowest BCUT2D eigenvalue weighted by molar-refractivity contribution is -0.133. The van der Waals surface area contributed by atoms with Crippen molar-refractivity contribution in [3.63, 3.8) is 0 Å². The van der Waals surface area contributed by atoms with Crippen LogP contribution in [0, 0.1) is 0 Å². The topological polar surface area (TPSA) is 32.8 Å². The third kappa shape index (κ3) is 5.02. The molecule has 0 spiro atoms. The van der Waals surface area contributed by atoms with E-state index < -0.39 is 0 Å². The maximum atomic E-state index is 13.2. The molecule has 4 nitrogen and oxygen atoms in total. The summed E-state index contributed by atoms with van der Waals surface area (Å²) in [7, 11) is 1.67. The van der Waals surface area contributed by atoms with Crippen molar-refractivity contribution in [2.75, 3.05) is 26.0 Å². The van der Waals surface area contributed by atoms with Crippen LogP contribution in [0.25, 0.3) is 0 Å². The summed E-state index contributed by atoms with van der Waals surface area (Å²) < 4.78 is 5.32. The van der Waals surface area contributed by atoms with Gasteiger partial charge in [0.25, 0.3) is 0 Å². The van der Waals surface area contributed by atoms with Gasteiger partial charge in [0.1, 0.15) is 11.1 Å². The van der Waals surface area contributed by atoms with Crippen molar-refractivity contribution >= 4 is 29.3 Å². The lowest BCUT2D eigenvalue weighted by Crippen LogP contribution is -2.42. The highest BCUT2D eigenvalue weighted by molar-refractivity contribution is 7.99. The average Bonchev–Trinajstić information content (AvgIpc) is 3.17. The maximum absolute atomic E-state index is 13.2. The molecule has 1 fully saturated rings. The SMILES string of the molecule is COc1cccc(CN(CC(=O)N2CCSC2c2ccccc2Cl)C(C)C)c1. The minimum atomic E-state index is -0.00738. The molecule has 0 N–H and O–H groups in total. The standard InChI is InChI=1S/C22H27ClN2O2S/c1-16(2)24(14-17-7-6-8-18(13-17)27-3)15-21(26)25-11-12-28-22(25)19-9-4-5-10-20(19)23/h4-10,13,16,22H,11-12,14-15H2,1-3H3.